The van der Waals surface area contributed by atoms with Crippen molar-refractivity contribution < 1.29 is 14.6 Å². The Morgan fingerprint density at radius 2 is 1.67 bits per heavy atom. The van der Waals surface area contributed by atoms with Gasteiger partial charge in [-0.3, -0.25) is 0 Å². The van der Waals surface area contributed by atoms with Crippen LogP contribution >= 0.6 is 0 Å². The number of benzene rings is 2. The third-order valence-corrected chi connectivity index (χ3v) is 3.17. The maximum Gasteiger partial charge on any atom is 0.319 e. The van der Waals surface area contributed by atoms with Crippen molar-refractivity contribution in [1.29, 1.82) is 0 Å². The van der Waals surface area contributed by atoms with Gasteiger partial charge < -0.3 is 20.5 Å². The van der Waals surface area contributed by atoms with Crippen molar-refractivity contribution in [2.24, 2.45) is 0 Å². The smallest absolute Gasteiger partial charge is 0.319 e. The van der Waals surface area contributed by atoms with Crippen LogP contribution in [0.4, 0.5) is 10.5 Å². The summed E-state index contributed by atoms with van der Waals surface area (Å²) in [4.78, 5) is 11.9. The van der Waals surface area contributed by atoms with Crippen LogP contribution < -0.4 is 15.4 Å². The maximum absolute atomic E-state index is 11.9. The first-order chi connectivity index (χ1) is 11.3. The van der Waals surface area contributed by atoms with Gasteiger partial charge in [0.05, 0.1) is 0 Å². The van der Waals surface area contributed by atoms with E-state index in [2.05, 4.69) is 10.6 Å². The molecule has 0 aromatic heterocycles. The second-order valence-corrected chi connectivity index (χ2v) is 6.54. The summed E-state index contributed by atoms with van der Waals surface area (Å²) in [6.45, 7) is 6.48. The highest BCUT2D eigenvalue weighted by Gasteiger charge is 2.11. The summed E-state index contributed by atoms with van der Waals surface area (Å²) in [6.07, 6.45) is 0.700. The lowest BCUT2D eigenvalue weighted by atomic mass is 10.1. The SMILES string of the molecule is CC(C)(C)Oc1ccc(NC(=O)NCCc2ccc(O)cc2)cc1. The van der Waals surface area contributed by atoms with Gasteiger partial charge in [-0.1, -0.05) is 12.1 Å². The molecule has 0 saturated carbocycles. The molecule has 0 heterocycles. The van der Waals surface area contributed by atoms with E-state index in [1.54, 1.807) is 24.3 Å². The molecular weight excluding hydrogens is 304 g/mol. The summed E-state index contributed by atoms with van der Waals surface area (Å²) < 4.78 is 5.74. The Balaban J connectivity index is 1.76. The minimum Gasteiger partial charge on any atom is -0.508 e. The lowest BCUT2D eigenvalue weighted by Crippen LogP contribution is -2.30. The van der Waals surface area contributed by atoms with E-state index >= 15 is 0 Å². The van der Waals surface area contributed by atoms with Crippen LogP contribution in [0.1, 0.15) is 26.3 Å². The molecule has 0 fully saturated rings. The number of nitrogens with one attached hydrogen (secondary N) is 2. The van der Waals surface area contributed by atoms with Crippen molar-refractivity contribution in [2.45, 2.75) is 32.8 Å². The predicted octanol–water partition coefficient (Wildman–Crippen LogP) is 3.93. The first-order valence-electron chi connectivity index (χ1n) is 7.94. The standard InChI is InChI=1S/C19H24N2O3/c1-19(2,3)24-17-10-6-15(7-11-17)21-18(23)20-13-12-14-4-8-16(22)9-5-14/h4-11,22H,12-13H2,1-3H3,(H2,20,21,23). The molecule has 3 N–H and O–H groups in total. The zero-order valence-corrected chi connectivity index (χ0v) is 14.3. The van der Waals surface area contributed by atoms with Gasteiger partial charge in [-0.25, -0.2) is 4.79 Å². The molecule has 0 saturated heterocycles. The third-order valence-electron chi connectivity index (χ3n) is 3.17. The van der Waals surface area contributed by atoms with Crippen LogP contribution in [-0.2, 0) is 6.42 Å². The lowest BCUT2D eigenvalue weighted by molar-refractivity contribution is 0.131. The van der Waals surface area contributed by atoms with Crippen LogP contribution in [0.2, 0.25) is 0 Å². The summed E-state index contributed by atoms with van der Waals surface area (Å²) in [5, 5.41) is 14.8. The summed E-state index contributed by atoms with van der Waals surface area (Å²) in [7, 11) is 0. The molecule has 0 aliphatic rings. The van der Waals surface area contributed by atoms with Crippen LogP contribution in [0.5, 0.6) is 11.5 Å². The molecule has 0 atom stereocenters. The van der Waals surface area contributed by atoms with E-state index in [-0.39, 0.29) is 17.4 Å². The number of aromatic hydroxyl groups is 1. The molecule has 2 rings (SSSR count). The van der Waals surface area contributed by atoms with Gasteiger partial charge in [0.1, 0.15) is 17.1 Å². The molecule has 0 aliphatic carbocycles. The van der Waals surface area contributed by atoms with Crippen molar-refractivity contribution in [3.63, 3.8) is 0 Å². The number of amides is 2. The second kappa shape index (κ2) is 7.73. The molecule has 24 heavy (non-hydrogen) atoms. The van der Waals surface area contributed by atoms with Crippen LogP contribution in [0.15, 0.2) is 48.5 Å². The average Bonchev–Trinajstić information content (AvgIpc) is 2.50. The zero-order valence-electron chi connectivity index (χ0n) is 14.3. The van der Waals surface area contributed by atoms with E-state index in [1.165, 1.54) is 0 Å². The quantitative estimate of drug-likeness (QED) is 0.779. The van der Waals surface area contributed by atoms with Crippen molar-refractivity contribution in [3.05, 3.63) is 54.1 Å². The summed E-state index contributed by atoms with van der Waals surface area (Å²) >= 11 is 0. The topological polar surface area (TPSA) is 70.6 Å². The molecule has 5 heteroatoms. The van der Waals surface area contributed by atoms with Gasteiger partial charge in [-0.2, -0.15) is 0 Å². The van der Waals surface area contributed by atoms with Crippen molar-refractivity contribution in [3.8, 4) is 11.5 Å². The Bertz CT molecular complexity index is 659. The predicted molar refractivity (Wildman–Crippen MR) is 95.7 cm³/mol. The highest BCUT2D eigenvalue weighted by atomic mass is 16.5. The van der Waals surface area contributed by atoms with E-state index in [9.17, 15) is 9.90 Å². The number of carbonyl (C=O) groups excluding carboxylic acids is 1. The van der Waals surface area contributed by atoms with Gasteiger partial charge in [0.2, 0.25) is 0 Å². The molecule has 0 radical (unpaired) electrons. The summed E-state index contributed by atoms with van der Waals surface area (Å²) in [5.74, 6) is 1.00. The Morgan fingerprint density at radius 3 is 2.25 bits per heavy atom. The van der Waals surface area contributed by atoms with Crippen molar-refractivity contribution >= 4 is 11.7 Å². The Morgan fingerprint density at radius 1 is 1.04 bits per heavy atom. The van der Waals surface area contributed by atoms with Gasteiger partial charge in [0.15, 0.2) is 0 Å². The van der Waals surface area contributed by atoms with E-state index in [0.717, 1.165) is 11.3 Å². The first-order valence-corrected chi connectivity index (χ1v) is 7.94. The first kappa shape index (κ1) is 17.7. The maximum atomic E-state index is 11.9. The molecule has 2 aromatic carbocycles. The monoisotopic (exact) mass is 328 g/mol. The minimum absolute atomic E-state index is 0.239. The minimum atomic E-state index is -0.252. The Hall–Kier alpha value is -2.69. The molecule has 5 nitrogen and oxygen atoms in total. The molecule has 0 aliphatic heterocycles. The highest BCUT2D eigenvalue weighted by Crippen LogP contribution is 2.20. The average molecular weight is 328 g/mol. The number of ether oxygens (including phenoxy) is 1. The van der Waals surface area contributed by atoms with E-state index in [0.29, 0.717) is 18.7 Å². The van der Waals surface area contributed by atoms with Crippen LogP contribution in [0.25, 0.3) is 0 Å². The van der Waals surface area contributed by atoms with Gasteiger partial charge in [-0.15, -0.1) is 0 Å². The molecule has 0 unspecified atom stereocenters. The van der Waals surface area contributed by atoms with Gasteiger partial charge >= 0.3 is 6.03 Å². The fourth-order valence-electron chi connectivity index (χ4n) is 2.12. The highest BCUT2D eigenvalue weighted by molar-refractivity contribution is 5.89. The van der Waals surface area contributed by atoms with Crippen LogP contribution in [0, 0.1) is 0 Å². The number of carbonyl (C=O) groups is 1. The molecule has 0 spiro atoms. The zero-order chi connectivity index (χ0) is 17.6. The third kappa shape index (κ3) is 6.20. The number of rotatable bonds is 5. The van der Waals surface area contributed by atoms with E-state index in [1.807, 2.05) is 45.0 Å². The van der Waals surface area contributed by atoms with Crippen LogP contribution in [-0.4, -0.2) is 23.3 Å². The van der Waals surface area contributed by atoms with Gasteiger partial charge in [0, 0.05) is 12.2 Å². The second-order valence-electron chi connectivity index (χ2n) is 6.54. The molecule has 0 bridgehead atoms. The van der Waals surface area contributed by atoms with E-state index < -0.39 is 0 Å². The summed E-state index contributed by atoms with van der Waals surface area (Å²) in [6, 6.07) is 14.0. The number of phenolic OH excluding ortho intramolecular Hbond substituents is 1. The molecule has 2 amide bonds. The fourth-order valence-corrected chi connectivity index (χ4v) is 2.12. The van der Waals surface area contributed by atoms with Gasteiger partial charge in [-0.05, 0) is 69.2 Å². The number of hydrogen-bond acceptors (Lipinski definition) is 3. The fraction of sp³-hybridized carbons (Fsp3) is 0.316. The number of anilines is 1. The molecular formula is C19H24N2O3. The molecule has 2 aromatic rings. The van der Waals surface area contributed by atoms with Crippen molar-refractivity contribution in [1.82, 2.24) is 5.32 Å². The largest absolute Gasteiger partial charge is 0.508 e. The Labute approximate surface area is 142 Å². The molecule has 128 valence electrons. The van der Waals surface area contributed by atoms with Crippen molar-refractivity contribution in [2.75, 3.05) is 11.9 Å². The van der Waals surface area contributed by atoms with Crippen LogP contribution in [0.3, 0.4) is 0 Å². The number of urea groups is 1. The normalized spacial score (nSPS) is 11.0. The summed E-state index contributed by atoms with van der Waals surface area (Å²) in [5.41, 5.74) is 1.51. The lowest BCUT2D eigenvalue weighted by Gasteiger charge is -2.21. The van der Waals surface area contributed by atoms with Gasteiger partial charge in [0.25, 0.3) is 0 Å². The number of hydrogen-bond donors (Lipinski definition) is 3. The van der Waals surface area contributed by atoms with E-state index in [4.69, 9.17) is 4.74 Å². The Kier molecular flexibility index (Phi) is 5.68. The number of phenols is 1.